The fourth-order valence-corrected chi connectivity index (χ4v) is 4.10. The van der Waals surface area contributed by atoms with Crippen molar-refractivity contribution in [1.82, 2.24) is 9.66 Å². The molecule has 40 heavy (non-hydrogen) atoms. The number of fused-ring (bicyclic) bond motifs is 2. The monoisotopic (exact) mass is 543 g/mol. The van der Waals surface area contributed by atoms with Gasteiger partial charge in [-0.15, -0.1) is 0 Å². The molecule has 0 saturated carbocycles. The van der Waals surface area contributed by atoms with Crippen molar-refractivity contribution in [2.45, 2.75) is 0 Å². The van der Waals surface area contributed by atoms with Crippen LogP contribution in [0.3, 0.4) is 0 Å². The zero-order chi connectivity index (χ0) is 28.4. The quantitative estimate of drug-likeness (QED) is 0.166. The third-order valence-electron chi connectivity index (χ3n) is 5.87. The van der Waals surface area contributed by atoms with E-state index in [9.17, 15) is 19.7 Å². The number of primary amides is 1. The SMILES string of the molecule is COc1cc(C=Nn2c(-c3cc4c(OC)cccc4o3)nc3ccccc3c2=O)cc([N+](=O)[O-])c1OCC(N)=O. The van der Waals surface area contributed by atoms with Crippen molar-refractivity contribution in [2.75, 3.05) is 20.8 Å². The highest BCUT2D eigenvalue weighted by Crippen LogP contribution is 2.38. The smallest absolute Gasteiger partial charge is 0.315 e. The fraction of sp³-hybridized carbons (Fsp3) is 0.111. The molecule has 2 N–H and O–H groups in total. The first-order valence-corrected chi connectivity index (χ1v) is 11.7. The number of carbonyl (C=O) groups excluding carboxylic acids is 1. The Morgan fingerprint density at radius 3 is 2.60 bits per heavy atom. The molecule has 0 aliphatic carbocycles. The van der Waals surface area contributed by atoms with Crippen LogP contribution in [0, 0.1) is 10.1 Å². The molecule has 5 aromatic rings. The molecule has 5 rings (SSSR count). The summed E-state index contributed by atoms with van der Waals surface area (Å²) in [6.07, 6.45) is 1.23. The van der Waals surface area contributed by atoms with Crippen LogP contribution in [0.15, 0.2) is 75.0 Å². The molecule has 0 aliphatic rings. The normalized spacial score (nSPS) is 11.2. The molecule has 2 aromatic heterocycles. The lowest BCUT2D eigenvalue weighted by molar-refractivity contribution is -0.385. The lowest BCUT2D eigenvalue weighted by atomic mass is 10.2. The number of carbonyl (C=O) groups is 1. The van der Waals surface area contributed by atoms with E-state index in [-0.39, 0.29) is 28.6 Å². The van der Waals surface area contributed by atoms with Gasteiger partial charge in [-0.2, -0.15) is 9.78 Å². The van der Waals surface area contributed by atoms with E-state index in [4.69, 9.17) is 24.4 Å². The van der Waals surface area contributed by atoms with Crippen molar-refractivity contribution in [2.24, 2.45) is 10.8 Å². The van der Waals surface area contributed by atoms with Gasteiger partial charge in [-0.25, -0.2) is 4.98 Å². The number of rotatable bonds is 9. The topological polar surface area (TPSA) is 174 Å². The van der Waals surface area contributed by atoms with Gasteiger partial charge in [-0.3, -0.25) is 19.7 Å². The van der Waals surface area contributed by atoms with Gasteiger partial charge in [0.1, 0.15) is 11.3 Å². The molecule has 0 atom stereocenters. The molecule has 202 valence electrons. The van der Waals surface area contributed by atoms with E-state index in [1.165, 1.54) is 26.5 Å². The van der Waals surface area contributed by atoms with E-state index in [0.29, 0.717) is 27.6 Å². The van der Waals surface area contributed by atoms with Crippen LogP contribution in [-0.4, -0.2) is 47.5 Å². The highest BCUT2D eigenvalue weighted by molar-refractivity contribution is 5.89. The van der Waals surface area contributed by atoms with Gasteiger partial charge in [-0.1, -0.05) is 18.2 Å². The van der Waals surface area contributed by atoms with Crippen molar-refractivity contribution in [1.29, 1.82) is 0 Å². The summed E-state index contributed by atoms with van der Waals surface area (Å²) in [5.41, 5.74) is 5.26. The molecule has 0 radical (unpaired) electrons. The Bertz CT molecular complexity index is 1870. The summed E-state index contributed by atoms with van der Waals surface area (Å²) < 4.78 is 22.9. The van der Waals surface area contributed by atoms with Crippen LogP contribution < -0.4 is 25.5 Å². The summed E-state index contributed by atoms with van der Waals surface area (Å²) in [5, 5.41) is 17.1. The lowest BCUT2D eigenvalue weighted by Crippen LogP contribution is -2.21. The summed E-state index contributed by atoms with van der Waals surface area (Å²) in [6, 6.07) is 16.3. The first-order chi connectivity index (χ1) is 19.3. The van der Waals surface area contributed by atoms with Crippen molar-refractivity contribution in [3.8, 4) is 28.8 Å². The number of aromatic nitrogens is 2. The predicted molar refractivity (Wildman–Crippen MR) is 145 cm³/mol. The number of amides is 1. The van der Waals surface area contributed by atoms with Gasteiger partial charge in [0.05, 0.1) is 41.6 Å². The number of para-hydroxylation sites is 1. The second-order valence-corrected chi connectivity index (χ2v) is 8.38. The molecule has 13 nitrogen and oxygen atoms in total. The molecule has 1 amide bonds. The van der Waals surface area contributed by atoms with Crippen molar-refractivity contribution in [3.05, 3.63) is 86.7 Å². The summed E-state index contributed by atoms with van der Waals surface area (Å²) in [5.74, 6) is -0.209. The van der Waals surface area contributed by atoms with Gasteiger partial charge in [0, 0.05) is 11.6 Å². The van der Waals surface area contributed by atoms with Crippen molar-refractivity contribution >= 4 is 39.7 Å². The third kappa shape index (κ3) is 4.78. The number of nitrogens with two attached hydrogens (primary N) is 1. The molecule has 2 heterocycles. The average molecular weight is 543 g/mol. The average Bonchev–Trinajstić information content (AvgIpc) is 3.39. The number of nitro groups is 1. The summed E-state index contributed by atoms with van der Waals surface area (Å²) in [6.45, 7) is -0.589. The number of hydrogen-bond donors (Lipinski definition) is 1. The van der Waals surface area contributed by atoms with Gasteiger partial charge in [-0.05, 0) is 36.4 Å². The summed E-state index contributed by atoms with van der Waals surface area (Å²) in [4.78, 5) is 40.4. The Labute approximate surface area is 225 Å². The largest absolute Gasteiger partial charge is 0.496 e. The van der Waals surface area contributed by atoms with Crippen LogP contribution in [0.4, 0.5) is 5.69 Å². The summed E-state index contributed by atoms with van der Waals surface area (Å²) >= 11 is 0. The Morgan fingerprint density at radius 1 is 1.10 bits per heavy atom. The molecule has 0 saturated heterocycles. The van der Waals surface area contributed by atoms with E-state index in [2.05, 4.69) is 10.1 Å². The number of benzene rings is 3. The van der Waals surface area contributed by atoms with Crippen LogP contribution in [-0.2, 0) is 4.79 Å². The maximum absolute atomic E-state index is 13.5. The minimum absolute atomic E-state index is 0.0366. The number of ether oxygens (including phenoxy) is 3. The molecule has 0 bridgehead atoms. The number of methoxy groups -OCH3 is 2. The minimum Gasteiger partial charge on any atom is -0.496 e. The van der Waals surface area contributed by atoms with Crippen molar-refractivity contribution < 1.29 is 28.3 Å². The molecule has 3 aromatic carbocycles. The predicted octanol–water partition coefficient (Wildman–Crippen LogP) is 3.48. The maximum Gasteiger partial charge on any atom is 0.315 e. The Kier molecular flexibility index (Phi) is 6.85. The fourth-order valence-electron chi connectivity index (χ4n) is 4.10. The maximum atomic E-state index is 13.5. The second-order valence-electron chi connectivity index (χ2n) is 8.38. The minimum atomic E-state index is -0.819. The van der Waals surface area contributed by atoms with Crippen LogP contribution in [0.25, 0.3) is 33.5 Å². The van der Waals surface area contributed by atoms with Crippen LogP contribution >= 0.6 is 0 Å². The second kappa shape index (κ2) is 10.6. The molecular formula is C27H21N5O8. The van der Waals surface area contributed by atoms with Crippen LogP contribution in [0.5, 0.6) is 17.2 Å². The Hall–Kier alpha value is -5.72. The van der Waals surface area contributed by atoms with Gasteiger partial charge in [0.15, 0.2) is 18.1 Å². The van der Waals surface area contributed by atoms with Gasteiger partial charge in [0.25, 0.3) is 11.5 Å². The number of furan rings is 1. The van der Waals surface area contributed by atoms with E-state index in [0.717, 1.165) is 10.7 Å². The highest BCUT2D eigenvalue weighted by Gasteiger charge is 2.23. The van der Waals surface area contributed by atoms with E-state index < -0.39 is 28.7 Å². The lowest BCUT2D eigenvalue weighted by Gasteiger charge is -2.11. The molecule has 0 fully saturated rings. The van der Waals surface area contributed by atoms with Crippen LogP contribution in [0.1, 0.15) is 5.56 Å². The van der Waals surface area contributed by atoms with Crippen LogP contribution in [0.2, 0.25) is 0 Å². The zero-order valence-electron chi connectivity index (χ0n) is 21.2. The van der Waals surface area contributed by atoms with Crippen molar-refractivity contribution in [3.63, 3.8) is 0 Å². The Morgan fingerprint density at radius 2 is 1.88 bits per heavy atom. The highest BCUT2D eigenvalue weighted by atomic mass is 16.6. The van der Waals surface area contributed by atoms with Gasteiger partial charge < -0.3 is 24.4 Å². The Balaban J connectivity index is 1.68. The van der Waals surface area contributed by atoms with Gasteiger partial charge >= 0.3 is 5.69 Å². The molecular weight excluding hydrogens is 522 g/mol. The molecule has 13 heteroatoms. The first-order valence-electron chi connectivity index (χ1n) is 11.7. The summed E-state index contributed by atoms with van der Waals surface area (Å²) in [7, 11) is 2.82. The number of nitro benzene ring substituents is 1. The molecule has 0 unspecified atom stereocenters. The molecule has 0 spiro atoms. The van der Waals surface area contributed by atoms with E-state index in [1.54, 1.807) is 48.5 Å². The van der Waals surface area contributed by atoms with E-state index in [1.807, 2.05) is 0 Å². The third-order valence-corrected chi connectivity index (χ3v) is 5.87. The molecule has 0 aliphatic heterocycles. The number of hydrogen-bond acceptors (Lipinski definition) is 10. The van der Waals surface area contributed by atoms with E-state index >= 15 is 0 Å². The first kappa shape index (κ1) is 25.9. The number of nitrogens with zero attached hydrogens (tertiary/aromatic N) is 4. The van der Waals surface area contributed by atoms with Gasteiger partial charge in [0.2, 0.25) is 11.6 Å². The zero-order valence-corrected chi connectivity index (χ0v) is 21.2. The standard InChI is InChI=1S/C27H21N5O8/c1-37-20-8-5-9-21-17(20)12-23(40-21)26-30-18-7-4-3-6-16(18)27(34)31(26)29-13-15-10-19(32(35)36)25(22(11-15)38-2)39-14-24(28)33/h3-13H,14H2,1-2H3,(H2,28,33).